The molecule has 0 aliphatic carbocycles. The lowest BCUT2D eigenvalue weighted by Crippen LogP contribution is -2.50. The maximum absolute atomic E-state index is 13.3. The maximum atomic E-state index is 13.3. The van der Waals surface area contributed by atoms with Crippen molar-refractivity contribution < 1.29 is 19.5 Å². The summed E-state index contributed by atoms with van der Waals surface area (Å²) in [6.07, 6.45) is 1.15. The highest BCUT2D eigenvalue weighted by molar-refractivity contribution is 5.85. The van der Waals surface area contributed by atoms with Gasteiger partial charge in [0.2, 0.25) is 11.8 Å². The van der Waals surface area contributed by atoms with E-state index < -0.39 is 12.0 Å². The van der Waals surface area contributed by atoms with Crippen LogP contribution in [0.4, 0.5) is 0 Å². The van der Waals surface area contributed by atoms with Crippen LogP contribution in [-0.2, 0) is 33.8 Å². The first-order valence-electron chi connectivity index (χ1n) is 9.89. The summed E-state index contributed by atoms with van der Waals surface area (Å²) in [7, 11) is 0. The number of benzene rings is 2. The molecule has 6 heteroatoms. The lowest BCUT2D eigenvalue weighted by Gasteiger charge is -2.39. The third kappa shape index (κ3) is 3.62. The molecule has 2 aromatic carbocycles. The van der Waals surface area contributed by atoms with Crippen LogP contribution >= 0.6 is 0 Å². The molecular weight excluding hydrogens is 368 g/mol. The second-order valence-corrected chi connectivity index (χ2v) is 7.73. The van der Waals surface area contributed by atoms with E-state index in [1.807, 2.05) is 48.5 Å². The van der Waals surface area contributed by atoms with Crippen LogP contribution in [0.15, 0.2) is 48.5 Å². The van der Waals surface area contributed by atoms with Crippen LogP contribution in [0.2, 0.25) is 0 Å². The van der Waals surface area contributed by atoms with Gasteiger partial charge in [-0.3, -0.25) is 9.59 Å². The molecular formula is C23H24N2O4. The first-order chi connectivity index (χ1) is 14.0. The highest BCUT2D eigenvalue weighted by Gasteiger charge is 2.37. The zero-order valence-electron chi connectivity index (χ0n) is 16.4. The molecule has 4 rings (SSSR count). The van der Waals surface area contributed by atoms with Crippen molar-refractivity contribution in [2.45, 2.75) is 44.8 Å². The Kier molecular flexibility index (Phi) is 5.09. The van der Waals surface area contributed by atoms with Gasteiger partial charge in [0.25, 0.3) is 0 Å². The van der Waals surface area contributed by atoms with Gasteiger partial charge in [-0.05, 0) is 28.7 Å². The van der Waals surface area contributed by atoms with E-state index in [0.29, 0.717) is 13.0 Å². The van der Waals surface area contributed by atoms with Crippen molar-refractivity contribution in [3.63, 3.8) is 0 Å². The number of fused-ring (bicyclic) bond motifs is 2. The predicted octanol–water partition coefficient (Wildman–Crippen LogP) is 2.56. The lowest BCUT2D eigenvalue weighted by molar-refractivity contribution is -0.152. The molecule has 2 atom stereocenters. The molecule has 2 aliphatic heterocycles. The van der Waals surface area contributed by atoms with Gasteiger partial charge in [-0.1, -0.05) is 48.5 Å². The van der Waals surface area contributed by atoms with Gasteiger partial charge in [-0.25, -0.2) is 4.79 Å². The summed E-state index contributed by atoms with van der Waals surface area (Å²) >= 11 is 0. The Balaban J connectivity index is 1.63. The van der Waals surface area contributed by atoms with Crippen molar-refractivity contribution in [1.29, 1.82) is 0 Å². The Morgan fingerprint density at radius 1 is 0.966 bits per heavy atom. The van der Waals surface area contributed by atoms with Crippen LogP contribution in [0.25, 0.3) is 0 Å². The number of nitrogens with zero attached hydrogens (tertiary/aromatic N) is 2. The van der Waals surface area contributed by atoms with Crippen molar-refractivity contribution in [2.24, 2.45) is 0 Å². The number of rotatable bonds is 3. The van der Waals surface area contributed by atoms with Crippen LogP contribution in [0.3, 0.4) is 0 Å². The fourth-order valence-corrected chi connectivity index (χ4v) is 4.54. The molecule has 2 heterocycles. The Morgan fingerprint density at radius 3 is 2.31 bits per heavy atom. The highest BCUT2D eigenvalue weighted by atomic mass is 16.4. The van der Waals surface area contributed by atoms with Gasteiger partial charge < -0.3 is 14.9 Å². The summed E-state index contributed by atoms with van der Waals surface area (Å²) in [5, 5.41) is 9.73. The zero-order valence-corrected chi connectivity index (χ0v) is 16.4. The Labute approximate surface area is 169 Å². The number of amides is 2. The Hall–Kier alpha value is -3.15. The summed E-state index contributed by atoms with van der Waals surface area (Å²) in [6, 6.07) is 14.3. The maximum Gasteiger partial charge on any atom is 0.326 e. The van der Waals surface area contributed by atoms with Gasteiger partial charge in [0.05, 0.1) is 12.5 Å². The largest absolute Gasteiger partial charge is 0.480 e. The van der Waals surface area contributed by atoms with E-state index in [9.17, 15) is 19.5 Å². The third-order valence-corrected chi connectivity index (χ3v) is 6.04. The van der Waals surface area contributed by atoms with Crippen LogP contribution < -0.4 is 0 Å². The molecule has 29 heavy (non-hydrogen) atoms. The van der Waals surface area contributed by atoms with Gasteiger partial charge in [-0.2, -0.15) is 0 Å². The lowest BCUT2D eigenvalue weighted by atomic mass is 9.89. The number of hydrogen-bond donors (Lipinski definition) is 1. The van der Waals surface area contributed by atoms with Gasteiger partial charge in [-0.15, -0.1) is 0 Å². The molecule has 2 amide bonds. The van der Waals surface area contributed by atoms with E-state index in [2.05, 4.69) is 0 Å². The van der Waals surface area contributed by atoms with Crippen molar-refractivity contribution in [3.05, 3.63) is 70.8 Å². The molecule has 1 N–H and O–H groups in total. The van der Waals surface area contributed by atoms with Gasteiger partial charge >= 0.3 is 5.97 Å². The number of carbonyl (C=O) groups is 3. The van der Waals surface area contributed by atoms with Crippen molar-refractivity contribution in [3.8, 4) is 0 Å². The minimum Gasteiger partial charge on any atom is -0.480 e. The molecule has 0 bridgehead atoms. The molecule has 0 radical (unpaired) electrons. The van der Waals surface area contributed by atoms with Crippen LogP contribution in [-0.4, -0.2) is 45.3 Å². The first kappa shape index (κ1) is 19.2. The second-order valence-electron chi connectivity index (χ2n) is 7.73. The van der Waals surface area contributed by atoms with Gasteiger partial charge in [0.15, 0.2) is 0 Å². The minimum atomic E-state index is -1.000. The molecule has 0 spiro atoms. The van der Waals surface area contributed by atoms with Crippen LogP contribution in [0.5, 0.6) is 0 Å². The fourth-order valence-electron chi connectivity index (χ4n) is 4.54. The molecule has 150 valence electrons. The van der Waals surface area contributed by atoms with E-state index >= 15 is 0 Å². The normalized spacial score (nSPS) is 20.6. The van der Waals surface area contributed by atoms with E-state index in [4.69, 9.17) is 0 Å². The van der Waals surface area contributed by atoms with E-state index in [1.165, 1.54) is 11.8 Å². The monoisotopic (exact) mass is 392 g/mol. The summed E-state index contributed by atoms with van der Waals surface area (Å²) in [4.78, 5) is 40.6. The van der Waals surface area contributed by atoms with Crippen molar-refractivity contribution in [2.75, 3.05) is 6.54 Å². The molecule has 2 aromatic rings. The highest BCUT2D eigenvalue weighted by Crippen LogP contribution is 2.34. The number of carbonyl (C=O) groups excluding carboxylic acids is 2. The Bertz CT molecular complexity index is 971. The number of carboxylic acids is 1. The van der Waals surface area contributed by atoms with E-state index in [0.717, 1.165) is 28.7 Å². The molecule has 2 aliphatic rings. The third-order valence-electron chi connectivity index (χ3n) is 6.04. The van der Waals surface area contributed by atoms with Gasteiger partial charge in [0, 0.05) is 26.4 Å². The molecule has 0 saturated carbocycles. The van der Waals surface area contributed by atoms with Gasteiger partial charge in [0.1, 0.15) is 6.04 Å². The average molecular weight is 392 g/mol. The van der Waals surface area contributed by atoms with E-state index in [-0.39, 0.29) is 30.8 Å². The topological polar surface area (TPSA) is 77.9 Å². The number of carboxylic acid groups (broad SMARTS) is 1. The quantitative estimate of drug-likeness (QED) is 0.871. The van der Waals surface area contributed by atoms with Crippen LogP contribution in [0, 0.1) is 0 Å². The molecule has 6 nitrogen and oxygen atoms in total. The molecule has 0 fully saturated rings. The average Bonchev–Trinajstić information content (AvgIpc) is 2.72. The second kappa shape index (κ2) is 7.70. The number of aliphatic carboxylic acids is 1. The molecule has 0 unspecified atom stereocenters. The minimum absolute atomic E-state index is 0.0731. The SMILES string of the molecule is CC(=O)N1CCc2ccccc2[C@@H]1CC(=O)N1Cc2ccccc2C[C@H]1C(=O)O. The van der Waals surface area contributed by atoms with Crippen molar-refractivity contribution in [1.82, 2.24) is 9.80 Å². The van der Waals surface area contributed by atoms with Crippen molar-refractivity contribution >= 4 is 17.8 Å². The number of hydrogen-bond acceptors (Lipinski definition) is 3. The smallest absolute Gasteiger partial charge is 0.326 e. The molecule has 0 saturated heterocycles. The Morgan fingerprint density at radius 2 is 1.62 bits per heavy atom. The summed E-state index contributed by atoms with van der Waals surface area (Å²) in [6.45, 7) is 2.36. The summed E-state index contributed by atoms with van der Waals surface area (Å²) < 4.78 is 0. The standard InChI is InChI=1S/C23H24N2O4/c1-15(26)24-11-10-16-6-4-5-9-19(16)20(24)13-22(27)25-14-18-8-3-2-7-17(18)12-21(25)23(28)29/h2-9,20-21H,10-14H2,1H3,(H,28,29)/t20-,21-/m0/s1. The predicted molar refractivity (Wildman–Crippen MR) is 107 cm³/mol. The first-order valence-corrected chi connectivity index (χ1v) is 9.89. The van der Waals surface area contributed by atoms with E-state index in [1.54, 1.807) is 4.90 Å². The summed E-state index contributed by atoms with van der Waals surface area (Å²) in [5.74, 6) is -1.31. The zero-order chi connectivity index (χ0) is 20.5. The molecule has 0 aromatic heterocycles. The fraction of sp³-hybridized carbons (Fsp3) is 0.348. The summed E-state index contributed by atoms with van der Waals surface area (Å²) in [5.41, 5.74) is 4.07. The van der Waals surface area contributed by atoms with Crippen LogP contribution in [0.1, 0.15) is 41.6 Å².